The van der Waals surface area contributed by atoms with Crippen LogP contribution >= 0.6 is 0 Å². The van der Waals surface area contributed by atoms with E-state index in [4.69, 9.17) is 4.74 Å². The Morgan fingerprint density at radius 1 is 1.23 bits per heavy atom. The van der Waals surface area contributed by atoms with Crippen molar-refractivity contribution in [3.8, 4) is 5.75 Å². The topological polar surface area (TPSA) is 76.5 Å². The zero-order valence-electron chi connectivity index (χ0n) is 15.6. The highest BCUT2D eigenvalue weighted by atomic mass is 16.5. The Morgan fingerprint density at radius 3 is 2.54 bits per heavy atom. The molecule has 2 amide bonds. The molecule has 1 N–H and O–H groups in total. The molecule has 140 valence electrons. The van der Waals surface area contributed by atoms with Crippen molar-refractivity contribution in [1.82, 2.24) is 14.5 Å². The van der Waals surface area contributed by atoms with E-state index in [1.807, 2.05) is 24.7 Å². The summed E-state index contributed by atoms with van der Waals surface area (Å²) in [5.74, 6) is 1.29. The smallest absolute Gasteiger partial charge is 0.260 e. The molecule has 7 heteroatoms. The molecule has 0 saturated heterocycles. The minimum Gasteiger partial charge on any atom is -0.484 e. The lowest BCUT2D eigenvalue weighted by atomic mass is 10.3. The first-order valence-corrected chi connectivity index (χ1v) is 8.80. The van der Waals surface area contributed by atoms with E-state index in [-0.39, 0.29) is 18.4 Å². The molecular formula is C19H26N4O3. The SMILES string of the molecule is CCCN(Cc1nccn1C)C(=O)COc1ccc(NC(=O)CC)cc1. The summed E-state index contributed by atoms with van der Waals surface area (Å²) in [6.45, 7) is 4.90. The van der Waals surface area contributed by atoms with E-state index in [2.05, 4.69) is 10.3 Å². The first-order chi connectivity index (χ1) is 12.5. The second-order valence-electron chi connectivity index (χ2n) is 5.98. The van der Waals surface area contributed by atoms with Crippen molar-refractivity contribution in [2.24, 2.45) is 7.05 Å². The summed E-state index contributed by atoms with van der Waals surface area (Å²) < 4.78 is 7.50. The number of carbonyl (C=O) groups excluding carboxylic acids is 2. The summed E-state index contributed by atoms with van der Waals surface area (Å²) >= 11 is 0. The van der Waals surface area contributed by atoms with Crippen LogP contribution in [-0.2, 0) is 23.2 Å². The van der Waals surface area contributed by atoms with E-state index in [0.29, 0.717) is 30.9 Å². The maximum atomic E-state index is 12.5. The van der Waals surface area contributed by atoms with Crippen LogP contribution in [0.3, 0.4) is 0 Å². The Kier molecular flexibility index (Phi) is 7.20. The number of ether oxygens (including phenoxy) is 1. The maximum Gasteiger partial charge on any atom is 0.260 e. The third-order valence-electron chi connectivity index (χ3n) is 3.92. The van der Waals surface area contributed by atoms with Gasteiger partial charge in [0.1, 0.15) is 11.6 Å². The van der Waals surface area contributed by atoms with Gasteiger partial charge in [0.25, 0.3) is 5.91 Å². The van der Waals surface area contributed by atoms with Crippen LogP contribution in [0.4, 0.5) is 5.69 Å². The number of imidazole rings is 1. The maximum absolute atomic E-state index is 12.5. The molecule has 0 unspecified atom stereocenters. The molecular weight excluding hydrogens is 332 g/mol. The quantitative estimate of drug-likeness (QED) is 0.747. The molecule has 1 aromatic carbocycles. The van der Waals surface area contributed by atoms with E-state index >= 15 is 0 Å². The molecule has 1 aromatic heterocycles. The van der Waals surface area contributed by atoms with Crippen LogP contribution in [0.5, 0.6) is 5.75 Å². The van der Waals surface area contributed by atoms with E-state index in [1.165, 1.54) is 0 Å². The van der Waals surface area contributed by atoms with Gasteiger partial charge in [-0.2, -0.15) is 0 Å². The largest absolute Gasteiger partial charge is 0.484 e. The Labute approximate surface area is 154 Å². The molecule has 0 fully saturated rings. The molecule has 26 heavy (non-hydrogen) atoms. The molecule has 2 rings (SSSR count). The first-order valence-electron chi connectivity index (χ1n) is 8.80. The summed E-state index contributed by atoms with van der Waals surface area (Å²) in [5.41, 5.74) is 0.706. The van der Waals surface area contributed by atoms with Crippen LogP contribution in [0.15, 0.2) is 36.7 Å². The molecule has 0 radical (unpaired) electrons. The van der Waals surface area contributed by atoms with Crippen molar-refractivity contribution in [3.05, 3.63) is 42.5 Å². The molecule has 2 aromatic rings. The zero-order chi connectivity index (χ0) is 18.9. The molecule has 0 bridgehead atoms. The third kappa shape index (κ3) is 5.61. The molecule has 0 aliphatic carbocycles. The second-order valence-corrected chi connectivity index (χ2v) is 5.98. The van der Waals surface area contributed by atoms with Crippen LogP contribution in [0.2, 0.25) is 0 Å². The highest BCUT2D eigenvalue weighted by Gasteiger charge is 2.16. The van der Waals surface area contributed by atoms with E-state index in [1.54, 1.807) is 42.3 Å². The highest BCUT2D eigenvalue weighted by Crippen LogP contribution is 2.16. The van der Waals surface area contributed by atoms with Gasteiger partial charge in [0, 0.05) is 38.1 Å². The minimum atomic E-state index is -0.0850. The number of carbonyl (C=O) groups is 2. The van der Waals surface area contributed by atoms with Crippen LogP contribution in [0.1, 0.15) is 32.5 Å². The van der Waals surface area contributed by atoms with Crippen molar-refractivity contribution in [2.75, 3.05) is 18.5 Å². The van der Waals surface area contributed by atoms with E-state index < -0.39 is 0 Å². The van der Waals surface area contributed by atoms with Crippen LogP contribution in [0, 0.1) is 0 Å². The number of nitrogens with zero attached hydrogens (tertiary/aromatic N) is 3. The summed E-state index contributed by atoms with van der Waals surface area (Å²) in [6, 6.07) is 6.99. The van der Waals surface area contributed by atoms with Gasteiger partial charge in [0.05, 0.1) is 6.54 Å². The average Bonchev–Trinajstić information content (AvgIpc) is 3.05. The van der Waals surface area contributed by atoms with Gasteiger partial charge in [-0.15, -0.1) is 0 Å². The molecule has 1 heterocycles. The van der Waals surface area contributed by atoms with Gasteiger partial charge in [0.15, 0.2) is 6.61 Å². The van der Waals surface area contributed by atoms with Gasteiger partial charge in [0.2, 0.25) is 5.91 Å². The lowest BCUT2D eigenvalue weighted by molar-refractivity contribution is -0.134. The number of rotatable bonds is 9. The zero-order valence-corrected chi connectivity index (χ0v) is 15.6. The number of benzene rings is 1. The number of aryl methyl sites for hydroxylation is 1. The van der Waals surface area contributed by atoms with Crippen LogP contribution in [0.25, 0.3) is 0 Å². The van der Waals surface area contributed by atoms with Crippen molar-refractivity contribution < 1.29 is 14.3 Å². The van der Waals surface area contributed by atoms with Gasteiger partial charge in [-0.3, -0.25) is 9.59 Å². The molecule has 0 aliphatic heterocycles. The normalized spacial score (nSPS) is 10.4. The predicted octanol–water partition coefficient (Wildman–Crippen LogP) is 2.59. The Hall–Kier alpha value is -2.83. The van der Waals surface area contributed by atoms with Crippen molar-refractivity contribution in [1.29, 1.82) is 0 Å². The van der Waals surface area contributed by atoms with Crippen LogP contribution < -0.4 is 10.1 Å². The van der Waals surface area contributed by atoms with Crippen molar-refractivity contribution >= 4 is 17.5 Å². The lowest BCUT2D eigenvalue weighted by Gasteiger charge is -2.22. The number of anilines is 1. The van der Waals surface area contributed by atoms with Crippen LogP contribution in [-0.4, -0.2) is 39.4 Å². The van der Waals surface area contributed by atoms with Gasteiger partial charge in [-0.05, 0) is 30.7 Å². The summed E-state index contributed by atoms with van der Waals surface area (Å²) in [6.07, 6.45) is 4.87. The average molecular weight is 358 g/mol. The van der Waals surface area contributed by atoms with Gasteiger partial charge < -0.3 is 19.5 Å². The van der Waals surface area contributed by atoms with Gasteiger partial charge >= 0.3 is 0 Å². The van der Waals surface area contributed by atoms with Gasteiger partial charge in [-0.1, -0.05) is 13.8 Å². The monoisotopic (exact) mass is 358 g/mol. The van der Waals surface area contributed by atoms with Crippen molar-refractivity contribution in [3.63, 3.8) is 0 Å². The summed E-state index contributed by atoms with van der Waals surface area (Å²) in [4.78, 5) is 29.9. The lowest BCUT2D eigenvalue weighted by Crippen LogP contribution is -2.35. The Bertz CT molecular complexity index is 725. The fourth-order valence-electron chi connectivity index (χ4n) is 2.40. The number of hydrogen-bond donors (Lipinski definition) is 1. The molecule has 0 saturated carbocycles. The van der Waals surface area contributed by atoms with E-state index in [0.717, 1.165) is 12.2 Å². The molecule has 0 aliphatic rings. The number of aromatic nitrogens is 2. The summed E-state index contributed by atoms with van der Waals surface area (Å²) in [7, 11) is 1.91. The molecule has 0 spiro atoms. The van der Waals surface area contributed by atoms with Crippen molar-refractivity contribution in [2.45, 2.75) is 33.2 Å². The fourth-order valence-corrected chi connectivity index (χ4v) is 2.40. The standard InChI is InChI=1S/C19H26N4O3/c1-4-11-23(13-17-20-10-12-22(17)3)19(25)14-26-16-8-6-15(7-9-16)21-18(24)5-2/h6-10,12H,4-5,11,13-14H2,1-3H3,(H,21,24). The Morgan fingerprint density at radius 2 is 1.96 bits per heavy atom. The number of nitrogens with one attached hydrogen (secondary N) is 1. The van der Waals surface area contributed by atoms with Gasteiger partial charge in [-0.25, -0.2) is 4.98 Å². The second kappa shape index (κ2) is 9.60. The number of hydrogen-bond acceptors (Lipinski definition) is 4. The number of amides is 2. The molecule has 0 atom stereocenters. The Balaban J connectivity index is 1.90. The molecule has 7 nitrogen and oxygen atoms in total. The van der Waals surface area contributed by atoms with E-state index in [9.17, 15) is 9.59 Å². The predicted molar refractivity (Wildman–Crippen MR) is 99.8 cm³/mol. The first kappa shape index (κ1) is 19.5. The fraction of sp³-hybridized carbons (Fsp3) is 0.421. The summed E-state index contributed by atoms with van der Waals surface area (Å²) in [5, 5.41) is 2.77. The third-order valence-corrected chi connectivity index (χ3v) is 3.92. The minimum absolute atomic E-state index is 0.0366. The highest BCUT2D eigenvalue weighted by molar-refractivity contribution is 5.90.